The molecule has 17 heavy (non-hydrogen) atoms. The van der Waals surface area contributed by atoms with Gasteiger partial charge in [0.2, 0.25) is 5.91 Å². The lowest BCUT2D eigenvalue weighted by Crippen LogP contribution is -2.53. The lowest BCUT2D eigenvalue weighted by atomic mass is 10.0. The Kier molecular flexibility index (Phi) is 4.14. The van der Waals surface area contributed by atoms with E-state index in [1.54, 1.807) is 26.2 Å². The number of amides is 1. The van der Waals surface area contributed by atoms with Gasteiger partial charge in [0.05, 0.1) is 11.8 Å². The number of amidine groups is 1. The molecule has 0 saturated carbocycles. The number of carbonyl (C=O) groups is 1. The van der Waals surface area contributed by atoms with Gasteiger partial charge in [0, 0.05) is 12.8 Å². The highest BCUT2D eigenvalue weighted by atomic mass is 16.4. The average molecular weight is 239 g/mol. The molecule has 0 saturated heterocycles. The molecule has 0 radical (unpaired) electrons. The first kappa shape index (κ1) is 13.1. The first-order valence-electron chi connectivity index (χ1n) is 5.27. The third-order valence-corrected chi connectivity index (χ3v) is 2.38. The molecule has 0 aliphatic carbocycles. The lowest BCUT2D eigenvalue weighted by molar-refractivity contribution is -0.122. The van der Waals surface area contributed by atoms with Crippen LogP contribution in [0.5, 0.6) is 0 Å². The SMILES string of the molecule is CC(C)(NC(=O)CCc1ccco1)/C(N)=N/O. The fraction of sp³-hybridized carbons (Fsp3) is 0.455. The third-order valence-electron chi connectivity index (χ3n) is 2.38. The summed E-state index contributed by atoms with van der Waals surface area (Å²) in [5.74, 6) is 0.531. The monoisotopic (exact) mass is 239 g/mol. The van der Waals surface area contributed by atoms with Crippen molar-refractivity contribution in [3.8, 4) is 0 Å². The number of aryl methyl sites for hydroxylation is 1. The third kappa shape index (κ3) is 3.82. The molecule has 1 amide bonds. The Hall–Kier alpha value is -1.98. The van der Waals surface area contributed by atoms with Crippen LogP contribution in [0, 0.1) is 0 Å². The molecule has 0 unspecified atom stereocenters. The summed E-state index contributed by atoms with van der Waals surface area (Å²) >= 11 is 0. The quantitative estimate of drug-likeness (QED) is 0.307. The summed E-state index contributed by atoms with van der Waals surface area (Å²) in [7, 11) is 0. The summed E-state index contributed by atoms with van der Waals surface area (Å²) in [6.07, 6.45) is 2.37. The molecule has 94 valence electrons. The van der Waals surface area contributed by atoms with Crippen molar-refractivity contribution < 1.29 is 14.4 Å². The van der Waals surface area contributed by atoms with E-state index in [1.807, 2.05) is 6.07 Å². The Morgan fingerprint density at radius 1 is 1.65 bits per heavy atom. The van der Waals surface area contributed by atoms with Gasteiger partial charge >= 0.3 is 0 Å². The van der Waals surface area contributed by atoms with Gasteiger partial charge in [-0.3, -0.25) is 4.79 Å². The van der Waals surface area contributed by atoms with Gasteiger partial charge in [-0.25, -0.2) is 0 Å². The lowest BCUT2D eigenvalue weighted by Gasteiger charge is -2.24. The number of hydrogen-bond donors (Lipinski definition) is 3. The molecule has 0 atom stereocenters. The molecule has 0 bridgehead atoms. The number of nitrogens with two attached hydrogens (primary N) is 1. The molecule has 6 nitrogen and oxygen atoms in total. The maximum atomic E-state index is 11.6. The van der Waals surface area contributed by atoms with Crippen LogP contribution in [0.2, 0.25) is 0 Å². The van der Waals surface area contributed by atoms with Crippen LogP contribution in [0.25, 0.3) is 0 Å². The van der Waals surface area contributed by atoms with Crippen molar-refractivity contribution in [2.24, 2.45) is 10.9 Å². The van der Waals surface area contributed by atoms with E-state index in [0.717, 1.165) is 5.76 Å². The number of nitrogens with zero attached hydrogens (tertiary/aromatic N) is 1. The van der Waals surface area contributed by atoms with Crippen molar-refractivity contribution in [3.05, 3.63) is 24.2 Å². The minimum atomic E-state index is -0.866. The maximum Gasteiger partial charge on any atom is 0.221 e. The van der Waals surface area contributed by atoms with Crippen molar-refractivity contribution in [3.63, 3.8) is 0 Å². The normalized spacial score (nSPS) is 12.5. The van der Waals surface area contributed by atoms with Crippen molar-refractivity contribution >= 4 is 11.7 Å². The summed E-state index contributed by atoms with van der Waals surface area (Å²) in [5, 5.41) is 14.1. The molecule has 1 heterocycles. The molecular formula is C11H17N3O3. The number of hydrogen-bond acceptors (Lipinski definition) is 4. The fourth-order valence-corrected chi connectivity index (χ4v) is 1.29. The second-order valence-corrected chi connectivity index (χ2v) is 4.24. The maximum absolute atomic E-state index is 11.6. The highest BCUT2D eigenvalue weighted by molar-refractivity contribution is 5.93. The van der Waals surface area contributed by atoms with Gasteiger partial charge in [-0.2, -0.15) is 0 Å². The first-order valence-corrected chi connectivity index (χ1v) is 5.27. The van der Waals surface area contributed by atoms with Gasteiger partial charge in [-0.15, -0.1) is 0 Å². The van der Waals surface area contributed by atoms with Gasteiger partial charge in [0.1, 0.15) is 5.76 Å². The Labute approximate surface area is 99.5 Å². The van der Waals surface area contributed by atoms with Crippen molar-refractivity contribution in [2.75, 3.05) is 0 Å². The summed E-state index contributed by atoms with van der Waals surface area (Å²) in [6, 6.07) is 3.58. The van der Waals surface area contributed by atoms with Crippen LogP contribution in [-0.4, -0.2) is 22.5 Å². The molecule has 0 aromatic carbocycles. The number of furan rings is 1. The zero-order valence-electron chi connectivity index (χ0n) is 9.93. The van der Waals surface area contributed by atoms with Gasteiger partial charge < -0.3 is 20.7 Å². The minimum absolute atomic E-state index is 0.0381. The molecule has 0 fully saturated rings. The van der Waals surface area contributed by atoms with Crippen LogP contribution in [0.1, 0.15) is 26.0 Å². The molecular weight excluding hydrogens is 222 g/mol. The number of rotatable bonds is 5. The van der Waals surface area contributed by atoms with E-state index in [0.29, 0.717) is 6.42 Å². The second kappa shape index (κ2) is 5.38. The van der Waals surface area contributed by atoms with E-state index >= 15 is 0 Å². The van der Waals surface area contributed by atoms with E-state index in [2.05, 4.69) is 10.5 Å². The summed E-state index contributed by atoms with van der Waals surface area (Å²) < 4.78 is 5.11. The zero-order valence-corrected chi connectivity index (χ0v) is 9.93. The largest absolute Gasteiger partial charge is 0.469 e. The topological polar surface area (TPSA) is 101 Å². The predicted molar refractivity (Wildman–Crippen MR) is 62.7 cm³/mol. The van der Waals surface area contributed by atoms with E-state index in [1.165, 1.54) is 0 Å². The predicted octanol–water partition coefficient (Wildman–Crippen LogP) is 0.853. The van der Waals surface area contributed by atoms with E-state index in [-0.39, 0.29) is 18.2 Å². The Morgan fingerprint density at radius 2 is 2.35 bits per heavy atom. The summed E-state index contributed by atoms with van der Waals surface area (Å²) in [5.41, 5.74) is 4.59. The van der Waals surface area contributed by atoms with E-state index in [9.17, 15) is 4.79 Å². The highest BCUT2D eigenvalue weighted by Gasteiger charge is 2.25. The molecule has 0 spiro atoms. The van der Waals surface area contributed by atoms with Crippen LogP contribution >= 0.6 is 0 Å². The Bertz CT molecular complexity index is 396. The van der Waals surface area contributed by atoms with Gasteiger partial charge in [-0.1, -0.05) is 5.16 Å². The van der Waals surface area contributed by atoms with Gasteiger partial charge in [0.25, 0.3) is 0 Å². The molecule has 1 aromatic heterocycles. The number of nitrogens with one attached hydrogen (secondary N) is 1. The number of carbonyl (C=O) groups excluding carboxylic acids is 1. The minimum Gasteiger partial charge on any atom is -0.469 e. The standard InChI is InChI=1S/C11H17N3O3/c1-11(2,10(12)14-16)13-9(15)6-5-8-4-3-7-17-8/h3-4,7,16H,5-6H2,1-2H3,(H2,12,14)(H,13,15). The first-order chi connectivity index (χ1) is 7.95. The van der Waals surface area contributed by atoms with Crippen molar-refractivity contribution in [1.29, 1.82) is 0 Å². The Balaban J connectivity index is 2.44. The highest BCUT2D eigenvalue weighted by Crippen LogP contribution is 2.06. The van der Waals surface area contributed by atoms with E-state index < -0.39 is 5.54 Å². The Morgan fingerprint density at radius 3 is 2.88 bits per heavy atom. The van der Waals surface area contributed by atoms with Crippen LogP contribution < -0.4 is 11.1 Å². The summed E-state index contributed by atoms with van der Waals surface area (Å²) in [4.78, 5) is 11.6. The molecule has 4 N–H and O–H groups in total. The van der Waals surface area contributed by atoms with Gasteiger partial charge in [0.15, 0.2) is 5.84 Å². The van der Waals surface area contributed by atoms with Crippen LogP contribution in [0.3, 0.4) is 0 Å². The second-order valence-electron chi connectivity index (χ2n) is 4.24. The van der Waals surface area contributed by atoms with Gasteiger partial charge in [-0.05, 0) is 26.0 Å². The fourth-order valence-electron chi connectivity index (χ4n) is 1.29. The summed E-state index contributed by atoms with van der Waals surface area (Å²) in [6.45, 7) is 3.32. The zero-order chi connectivity index (χ0) is 12.9. The van der Waals surface area contributed by atoms with Crippen LogP contribution in [0.4, 0.5) is 0 Å². The smallest absolute Gasteiger partial charge is 0.221 e. The van der Waals surface area contributed by atoms with Crippen LogP contribution in [-0.2, 0) is 11.2 Å². The van der Waals surface area contributed by atoms with Crippen LogP contribution in [0.15, 0.2) is 28.0 Å². The molecule has 0 aliphatic heterocycles. The molecule has 0 aliphatic rings. The average Bonchev–Trinajstić information content (AvgIpc) is 2.77. The van der Waals surface area contributed by atoms with E-state index in [4.69, 9.17) is 15.4 Å². The van der Waals surface area contributed by atoms with Crippen molar-refractivity contribution in [2.45, 2.75) is 32.2 Å². The molecule has 1 aromatic rings. The van der Waals surface area contributed by atoms with Crippen molar-refractivity contribution in [1.82, 2.24) is 5.32 Å². The molecule has 1 rings (SSSR count). The number of oxime groups is 1. The molecule has 6 heteroatoms.